The van der Waals surface area contributed by atoms with E-state index >= 15 is 0 Å². The highest BCUT2D eigenvalue weighted by Crippen LogP contribution is 2.26. The van der Waals surface area contributed by atoms with E-state index in [-0.39, 0.29) is 12.5 Å². The van der Waals surface area contributed by atoms with Crippen molar-refractivity contribution >= 4 is 22.9 Å². The number of hydrazone groups is 1. The van der Waals surface area contributed by atoms with Crippen molar-refractivity contribution in [2.24, 2.45) is 5.10 Å². The van der Waals surface area contributed by atoms with Crippen LogP contribution < -0.4 is 14.9 Å². The Labute approximate surface area is 158 Å². The molecule has 0 aromatic heterocycles. The summed E-state index contributed by atoms with van der Waals surface area (Å²) < 4.78 is 11.0. The van der Waals surface area contributed by atoms with Gasteiger partial charge in [-0.25, -0.2) is 5.43 Å². The number of rotatable bonds is 7. The molecule has 3 aromatic rings. The van der Waals surface area contributed by atoms with Crippen molar-refractivity contribution < 1.29 is 14.3 Å². The van der Waals surface area contributed by atoms with Gasteiger partial charge in [-0.2, -0.15) is 5.10 Å². The SMILES string of the molecule is CCc1ccccc1OCC(=O)N/N=C/c1c(OC)ccc2ccccc12. The van der Waals surface area contributed by atoms with Crippen LogP contribution >= 0.6 is 0 Å². The van der Waals surface area contributed by atoms with E-state index < -0.39 is 0 Å². The van der Waals surface area contributed by atoms with Crippen molar-refractivity contribution in [3.63, 3.8) is 0 Å². The van der Waals surface area contributed by atoms with Gasteiger partial charge in [0.2, 0.25) is 0 Å². The molecule has 0 aliphatic heterocycles. The normalized spacial score (nSPS) is 10.9. The van der Waals surface area contributed by atoms with Gasteiger partial charge in [0, 0.05) is 5.56 Å². The predicted octanol–water partition coefficient (Wildman–Crippen LogP) is 3.94. The van der Waals surface area contributed by atoms with Crippen LogP contribution in [0.3, 0.4) is 0 Å². The zero-order chi connectivity index (χ0) is 19.1. The summed E-state index contributed by atoms with van der Waals surface area (Å²) in [6.45, 7) is 1.95. The molecule has 1 amide bonds. The van der Waals surface area contributed by atoms with Crippen LogP contribution in [0.1, 0.15) is 18.1 Å². The van der Waals surface area contributed by atoms with E-state index in [4.69, 9.17) is 9.47 Å². The minimum atomic E-state index is -0.323. The van der Waals surface area contributed by atoms with Gasteiger partial charge in [0.25, 0.3) is 5.91 Å². The standard InChI is InChI=1S/C22H22N2O3/c1-3-16-8-5-7-11-20(16)27-15-22(25)24-23-14-19-18-10-6-4-9-17(18)12-13-21(19)26-2/h4-14H,3,15H2,1-2H3,(H,24,25)/b23-14+. The number of benzene rings is 3. The van der Waals surface area contributed by atoms with Crippen molar-refractivity contribution in [1.82, 2.24) is 5.43 Å². The van der Waals surface area contributed by atoms with E-state index in [2.05, 4.69) is 10.5 Å². The van der Waals surface area contributed by atoms with Gasteiger partial charge in [0.1, 0.15) is 11.5 Å². The van der Waals surface area contributed by atoms with Gasteiger partial charge in [-0.1, -0.05) is 55.5 Å². The molecule has 0 unspecified atom stereocenters. The first-order valence-electron chi connectivity index (χ1n) is 8.81. The molecule has 0 spiro atoms. The fraction of sp³-hybridized carbons (Fsp3) is 0.182. The summed E-state index contributed by atoms with van der Waals surface area (Å²) >= 11 is 0. The molecular weight excluding hydrogens is 340 g/mol. The van der Waals surface area contributed by atoms with Gasteiger partial charge >= 0.3 is 0 Å². The van der Waals surface area contributed by atoms with E-state index in [0.717, 1.165) is 34.1 Å². The number of aryl methyl sites for hydroxylation is 1. The third-order valence-corrected chi connectivity index (χ3v) is 4.25. The lowest BCUT2D eigenvalue weighted by molar-refractivity contribution is -0.123. The molecule has 27 heavy (non-hydrogen) atoms. The first kappa shape index (κ1) is 18.5. The molecule has 0 radical (unpaired) electrons. The Hall–Kier alpha value is -3.34. The van der Waals surface area contributed by atoms with Crippen LogP contribution in [0.5, 0.6) is 11.5 Å². The van der Waals surface area contributed by atoms with Crippen LogP contribution in [0, 0.1) is 0 Å². The molecule has 0 aliphatic carbocycles. The first-order chi connectivity index (χ1) is 13.2. The van der Waals surface area contributed by atoms with Gasteiger partial charge in [-0.15, -0.1) is 0 Å². The number of para-hydroxylation sites is 1. The molecule has 0 bridgehead atoms. The van der Waals surface area contributed by atoms with Crippen molar-refractivity contribution in [2.75, 3.05) is 13.7 Å². The molecule has 1 N–H and O–H groups in total. The van der Waals surface area contributed by atoms with Crippen molar-refractivity contribution in [2.45, 2.75) is 13.3 Å². The number of ether oxygens (including phenoxy) is 2. The maximum atomic E-state index is 12.0. The minimum Gasteiger partial charge on any atom is -0.496 e. The predicted molar refractivity (Wildman–Crippen MR) is 108 cm³/mol. The van der Waals surface area contributed by atoms with Gasteiger partial charge < -0.3 is 9.47 Å². The number of carbonyl (C=O) groups excluding carboxylic acids is 1. The van der Waals surface area contributed by atoms with Crippen LogP contribution in [0.25, 0.3) is 10.8 Å². The Bertz CT molecular complexity index is 967. The Kier molecular flexibility index (Phi) is 6.05. The Balaban J connectivity index is 1.67. The van der Waals surface area contributed by atoms with Crippen LogP contribution in [0.4, 0.5) is 0 Å². The van der Waals surface area contributed by atoms with E-state index in [1.54, 1.807) is 13.3 Å². The summed E-state index contributed by atoms with van der Waals surface area (Å²) in [6, 6.07) is 19.5. The summed E-state index contributed by atoms with van der Waals surface area (Å²) in [7, 11) is 1.61. The second-order valence-corrected chi connectivity index (χ2v) is 5.95. The highest BCUT2D eigenvalue weighted by atomic mass is 16.5. The molecule has 0 fully saturated rings. The molecule has 5 heteroatoms. The molecule has 5 nitrogen and oxygen atoms in total. The second kappa shape index (κ2) is 8.85. The summed E-state index contributed by atoms with van der Waals surface area (Å²) in [5, 5.41) is 6.15. The fourth-order valence-electron chi connectivity index (χ4n) is 2.87. The van der Waals surface area contributed by atoms with Gasteiger partial charge in [0.05, 0.1) is 13.3 Å². The molecule has 3 rings (SSSR count). The zero-order valence-corrected chi connectivity index (χ0v) is 15.4. The quantitative estimate of drug-likeness (QED) is 0.512. The number of hydrogen-bond donors (Lipinski definition) is 1. The lowest BCUT2D eigenvalue weighted by Gasteiger charge is -2.09. The Morgan fingerprint density at radius 2 is 1.81 bits per heavy atom. The fourth-order valence-corrected chi connectivity index (χ4v) is 2.87. The first-order valence-corrected chi connectivity index (χ1v) is 8.81. The molecule has 0 atom stereocenters. The second-order valence-electron chi connectivity index (χ2n) is 5.95. The summed E-state index contributed by atoms with van der Waals surface area (Å²) in [6.07, 6.45) is 2.44. The zero-order valence-electron chi connectivity index (χ0n) is 15.4. The molecule has 138 valence electrons. The smallest absolute Gasteiger partial charge is 0.277 e. The lowest BCUT2D eigenvalue weighted by atomic mass is 10.0. The summed E-state index contributed by atoms with van der Waals surface area (Å²) in [5.41, 5.74) is 4.38. The maximum absolute atomic E-state index is 12.0. The van der Waals surface area contributed by atoms with Crippen LogP contribution in [-0.4, -0.2) is 25.8 Å². The number of carbonyl (C=O) groups is 1. The van der Waals surface area contributed by atoms with E-state index in [0.29, 0.717) is 5.75 Å². The number of methoxy groups -OCH3 is 1. The average molecular weight is 362 g/mol. The van der Waals surface area contributed by atoms with E-state index in [9.17, 15) is 4.79 Å². The van der Waals surface area contributed by atoms with Crippen LogP contribution in [0.15, 0.2) is 65.8 Å². The van der Waals surface area contributed by atoms with Crippen LogP contribution in [0.2, 0.25) is 0 Å². The molecule has 0 heterocycles. The van der Waals surface area contributed by atoms with Crippen molar-refractivity contribution in [3.05, 3.63) is 71.8 Å². The topological polar surface area (TPSA) is 59.9 Å². The number of fused-ring (bicyclic) bond motifs is 1. The maximum Gasteiger partial charge on any atom is 0.277 e. The van der Waals surface area contributed by atoms with E-state index in [1.807, 2.05) is 67.6 Å². The molecule has 0 aliphatic rings. The number of nitrogens with one attached hydrogen (secondary N) is 1. The number of nitrogens with zero attached hydrogens (tertiary/aromatic N) is 1. The van der Waals surface area contributed by atoms with Gasteiger partial charge in [0.15, 0.2) is 6.61 Å². The largest absolute Gasteiger partial charge is 0.496 e. The third-order valence-electron chi connectivity index (χ3n) is 4.25. The lowest BCUT2D eigenvalue weighted by Crippen LogP contribution is -2.24. The Morgan fingerprint density at radius 1 is 1.04 bits per heavy atom. The summed E-state index contributed by atoms with van der Waals surface area (Å²) in [4.78, 5) is 12.0. The molecular formula is C22H22N2O3. The monoisotopic (exact) mass is 362 g/mol. The van der Waals surface area contributed by atoms with Crippen LogP contribution in [-0.2, 0) is 11.2 Å². The minimum absolute atomic E-state index is 0.0962. The number of hydrogen-bond acceptors (Lipinski definition) is 4. The van der Waals surface area contributed by atoms with Gasteiger partial charge in [-0.05, 0) is 34.9 Å². The molecule has 0 saturated heterocycles. The van der Waals surface area contributed by atoms with Crippen molar-refractivity contribution in [1.29, 1.82) is 0 Å². The highest BCUT2D eigenvalue weighted by Gasteiger charge is 2.07. The van der Waals surface area contributed by atoms with Crippen molar-refractivity contribution in [3.8, 4) is 11.5 Å². The highest BCUT2D eigenvalue weighted by molar-refractivity contribution is 6.02. The molecule has 0 saturated carbocycles. The van der Waals surface area contributed by atoms with E-state index in [1.165, 1.54) is 0 Å². The molecule has 3 aromatic carbocycles. The number of amides is 1. The third kappa shape index (κ3) is 4.44. The summed E-state index contributed by atoms with van der Waals surface area (Å²) in [5.74, 6) is 1.09. The Morgan fingerprint density at radius 3 is 2.63 bits per heavy atom. The van der Waals surface area contributed by atoms with Gasteiger partial charge in [-0.3, -0.25) is 4.79 Å². The average Bonchev–Trinajstić information content (AvgIpc) is 2.72.